The number of amides is 2. The average Bonchev–Trinajstić information content (AvgIpc) is 2.74. The Bertz CT molecular complexity index is 1020. The number of hydrogen-bond acceptors (Lipinski definition) is 3. The van der Waals surface area contributed by atoms with Crippen molar-refractivity contribution in [3.63, 3.8) is 0 Å². The van der Waals surface area contributed by atoms with E-state index in [0.717, 1.165) is 30.0 Å². The smallest absolute Gasteiger partial charge is 0.258 e. The van der Waals surface area contributed by atoms with Gasteiger partial charge >= 0.3 is 0 Å². The monoisotopic (exact) mass is 458 g/mol. The Balaban J connectivity index is 1.28. The summed E-state index contributed by atoms with van der Waals surface area (Å²) in [5.41, 5.74) is 3.46. The average molecular weight is 459 g/mol. The largest absolute Gasteiger partial charge is 0.484 e. The van der Waals surface area contributed by atoms with E-state index in [2.05, 4.69) is 28.8 Å². The number of fused-ring (bicyclic) bond motifs is 2. The summed E-state index contributed by atoms with van der Waals surface area (Å²) >= 11 is 5.66. The minimum atomic E-state index is -0.591. The van der Waals surface area contributed by atoms with Crippen LogP contribution in [0.4, 0.5) is 4.39 Å². The first-order valence-corrected chi connectivity index (χ1v) is 11.4. The van der Waals surface area contributed by atoms with Gasteiger partial charge in [-0.3, -0.25) is 9.59 Å². The quantitative estimate of drug-likeness (QED) is 0.649. The number of ether oxygens (including phenoxy) is 1. The standard InChI is InChI=1S/C25H28ClFN2O3/c1-14-3-4-15(2)18(7-14)12-28-25(31)20-11-23(17-8-16(20)9-17)29-24(30)13-32-19-5-6-21(26)22(27)10-19/h3-7,10,16-17,20,23H,8-9,11-13H2,1-2H3,(H,28,31)(H,29,30)/t16?,17?,20-,23+/m1/s1. The Morgan fingerprint density at radius 3 is 2.62 bits per heavy atom. The number of halogens is 2. The number of rotatable bonds is 7. The number of nitrogens with one attached hydrogen (secondary N) is 2. The molecule has 0 aromatic heterocycles. The molecule has 0 spiro atoms. The highest BCUT2D eigenvalue weighted by Crippen LogP contribution is 2.49. The van der Waals surface area contributed by atoms with E-state index in [1.54, 1.807) is 0 Å². The minimum absolute atomic E-state index is 0.00502. The molecule has 3 saturated carbocycles. The Morgan fingerprint density at radius 2 is 1.88 bits per heavy atom. The van der Waals surface area contributed by atoms with Crippen LogP contribution in [0.15, 0.2) is 36.4 Å². The number of carbonyl (C=O) groups excluding carboxylic acids is 2. The maximum atomic E-state index is 13.5. The van der Waals surface area contributed by atoms with Gasteiger partial charge in [-0.25, -0.2) is 4.39 Å². The molecule has 170 valence electrons. The molecule has 32 heavy (non-hydrogen) atoms. The number of aryl methyl sites for hydroxylation is 2. The van der Waals surface area contributed by atoms with Crippen LogP contribution >= 0.6 is 11.6 Å². The van der Waals surface area contributed by atoms with Gasteiger partial charge in [0, 0.05) is 24.6 Å². The van der Waals surface area contributed by atoms with Gasteiger partial charge in [-0.2, -0.15) is 0 Å². The van der Waals surface area contributed by atoms with Gasteiger partial charge in [0.05, 0.1) is 5.02 Å². The molecule has 2 atom stereocenters. The second-order valence-electron chi connectivity index (χ2n) is 9.02. The molecule has 2 aromatic carbocycles. The predicted molar refractivity (Wildman–Crippen MR) is 121 cm³/mol. The summed E-state index contributed by atoms with van der Waals surface area (Å²) in [6.07, 6.45) is 2.54. The van der Waals surface area contributed by atoms with Crippen LogP contribution in [0.1, 0.15) is 36.0 Å². The second kappa shape index (κ2) is 9.49. The molecular weight excluding hydrogens is 431 g/mol. The number of carbonyl (C=O) groups is 2. The third kappa shape index (κ3) is 5.07. The molecule has 7 heteroatoms. The van der Waals surface area contributed by atoms with E-state index in [-0.39, 0.29) is 41.2 Å². The van der Waals surface area contributed by atoms with E-state index < -0.39 is 5.82 Å². The molecule has 5 nitrogen and oxygen atoms in total. The van der Waals surface area contributed by atoms with E-state index in [9.17, 15) is 14.0 Å². The normalized spacial score (nSPS) is 23.8. The van der Waals surface area contributed by atoms with Gasteiger partial charge in [-0.1, -0.05) is 35.4 Å². The van der Waals surface area contributed by atoms with Crippen LogP contribution in [0.2, 0.25) is 5.02 Å². The maximum absolute atomic E-state index is 13.5. The molecule has 0 aliphatic heterocycles. The van der Waals surface area contributed by atoms with Gasteiger partial charge in [-0.05, 0) is 68.2 Å². The fourth-order valence-electron chi connectivity index (χ4n) is 4.79. The van der Waals surface area contributed by atoms with E-state index in [1.807, 2.05) is 13.8 Å². The van der Waals surface area contributed by atoms with Gasteiger partial charge in [0.2, 0.25) is 5.91 Å². The van der Waals surface area contributed by atoms with Crippen molar-refractivity contribution in [2.45, 2.75) is 45.7 Å². The van der Waals surface area contributed by atoms with Crippen LogP contribution in [-0.4, -0.2) is 24.5 Å². The van der Waals surface area contributed by atoms with Crippen molar-refractivity contribution in [1.29, 1.82) is 0 Å². The lowest BCUT2D eigenvalue weighted by Gasteiger charge is -2.50. The maximum Gasteiger partial charge on any atom is 0.258 e. The summed E-state index contributed by atoms with van der Waals surface area (Å²) in [6, 6.07) is 10.3. The molecule has 5 rings (SSSR count). The van der Waals surface area contributed by atoms with Crippen LogP contribution in [0, 0.1) is 37.4 Å². The van der Waals surface area contributed by atoms with Crippen molar-refractivity contribution in [3.8, 4) is 5.75 Å². The molecule has 3 fully saturated rings. The summed E-state index contributed by atoms with van der Waals surface area (Å²) in [5, 5.41) is 6.12. The van der Waals surface area contributed by atoms with Gasteiger partial charge in [-0.15, -0.1) is 0 Å². The van der Waals surface area contributed by atoms with Crippen molar-refractivity contribution < 1.29 is 18.7 Å². The zero-order valence-electron chi connectivity index (χ0n) is 18.3. The van der Waals surface area contributed by atoms with Crippen molar-refractivity contribution >= 4 is 23.4 Å². The molecule has 2 bridgehead atoms. The van der Waals surface area contributed by atoms with E-state index in [4.69, 9.17) is 16.3 Å². The highest BCUT2D eigenvalue weighted by Gasteiger charge is 2.48. The predicted octanol–water partition coefficient (Wildman–Crippen LogP) is 4.32. The Morgan fingerprint density at radius 1 is 1.09 bits per heavy atom. The van der Waals surface area contributed by atoms with Crippen LogP contribution in [0.3, 0.4) is 0 Å². The lowest BCUT2D eigenvalue weighted by Crippen LogP contribution is -2.56. The molecule has 0 radical (unpaired) electrons. The van der Waals surface area contributed by atoms with Gasteiger partial charge in [0.1, 0.15) is 11.6 Å². The molecule has 0 heterocycles. The molecule has 2 amide bonds. The van der Waals surface area contributed by atoms with Crippen LogP contribution < -0.4 is 15.4 Å². The summed E-state index contributed by atoms with van der Waals surface area (Å²) in [4.78, 5) is 25.3. The molecule has 2 aromatic rings. The van der Waals surface area contributed by atoms with Crippen LogP contribution in [0.25, 0.3) is 0 Å². The van der Waals surface area contributed by atoms with Crippen LogP contribution in [0.5, 0.6) is 5.75 Å². The minimum Gasteiger partial charge on any atom is -0.484 e. The fraction of sp³-hybridized carbons (Fsp3) is 0.440. The first kappa shape index (κ1) is 22.6. The second-order valence-corrected chi connectivity index (χ2v) is 9.43. The van der Waals surface area contributed by atoms with E-state index >= 15 is 0 Å². The zero-order chi connectivity index (χ0) is 22.8. The molecule has 0 unspecified atom stereocenters. The third-order valence-electron chi connectivity index (χ3n) is 6.76. The number of hydrogen-bond donors (Lipinski definition) is 2. The van der Waals surface area contributed by atoms with Crippen molar-refractivity contribution in [1.82, 2.24) is 10.6 Å². The molecule has 3 aliphatic rings. The number of benzene rings is 2. The molecule has 2 N–H and O–H groups in total. The van der Waals surface area contributed by atoms with Crippen molar-refractivity contribution in [3.05, 3.63) is 63.9 Å². The fourth-order valence-corrected chi connectivity index (χ4v) is 4.91. The Hall–Kier alpha value is -2.60. The highest BCUT2D eigenvalue weighted by atomic mass is 35.5. The first-order chi connectivity index (χ1) is 15.3. The lowest BCUT2D eigenvalue weighted by atomic mass is 9.57. The van der Waals surface area contributed by atoms with Gasteiger partial charge in [0.25, 0.3) is 5.91 Å². The van der Waals surface area contributed by atoms with Crippen molar-refractivity contribution in [2.75, 3.05) is 6.61 Å². The molecule has 3 aliphatic carbocycles. The lowest BCUT2D eigenvalue weighted by molar-refractivity contribution is -0.136. The Labute approximate surface area is 192 Å². The first-order valence-electron chi connectivity index (χ1n) is 11.0. The third-order valence-corrected chi connectivity index (χ3v) is 7.07. The van der Waals surface area contributed by atoms with Crippen molar-refractivity contribution in [2.24, 2.45) is 17.8 Å². The Kier molecular flexibility index (Phi) is 6.70. The zero-order valence-corrected chi connectivity index (χ0v) is 19.0. The van der Waals surface area contributed by atoms with Gasteiger partial charge in [0.15, 0.2) is 6.61 Å². The summed E-state index contributed by atoms with van der Waals surface area (Å²) < 4.78 is 18.9. The highest BCUT2D eigenvalue weighted by molar-refractivity contribution is 6.30. The van der Waals surface area contributed by atoms with E-state index in [1.165, 1.54) is 17.7 Å². The van der Waals surface area contributed by atoms with E-state index in [0.29, 0.717) is 24.8 Å². The van der Waals surface area contributed by atoms with Crippen LogP contribution in [-0.2, 0) is 16.1 Å². The topological polar surface area (TPSA) is 67.4 Å². The van der Waals surface area contributed by atoms with Gasteiger partial charge < -0.3 is 15.4 Å². The summed E-state index contributed by atoms with van der Waals surface area (Å²) in [5.74, 6) is 0.137. The summed E-state index contributed by atoms with van der Waals surface area (Å²) in [6.45, 7) is 4.39. The summed E-state index contributed by atoms with van der Waals surface area (Å²) in [7, 11) is 0. The molecular formula is C25H28ClFN2O3. The SMILES string of the molecule is Cc1ccc(C)c(CNC(=O)[C@@H]2C[C@H](NC(=O)COc3ccc(Cl)c(F)c3)C3CC2C3)c1. The molecule has 0 saturated heterocycles.